The standard InChI is InChI=1S/C21H21BrN4O3S/c1-4-29-18-14(22)10-12(11-16(18)28-3)19-23-15-9-7-6-8-13(15)17-20(27)24-21(30-5-2)25-26(17)19/h6-11,19H,4-5H2,1-3H3,(H,24,25,27)/t19-/m1/s1. The molecule has 1 N–H and O–H groups in total. The molecule has 1 amide bonds. The number of rotatable bonds is 5. The maximum absolute atomic E-state index is 13.0. The Morgan fingerprint density at radius 3 is 2.80 bits per heavy atom. The van der Waals surface area contributed by atoms with Crippen molar-refractivity contribution in [3.8, 4) is 11.5 Å². The summed E-state index contributed by atoms with van der Waals surface area (Å²) in [6.45, 7) is 4.45. The van der Waals surface area contributed by atoms with E-state index in [1.165, 1.54) is 11.8 Å². The molecule has 2 aliphatic rings. The van der Waals surface area contributed by atoms with E-state index in [0.29, 0.717) is 29.0 Å². The molecule has 0 saturated heterocycles. The van der Waals surface area contributed by atoms with Crippen LogP contribution in [0.1, 0.15) is 25.6 Å². The first-order valence-corrected chi connectivity index (χ1v) is 11.3. The molecule has 2 aliphatic heterocycles. The number of benzene rings is 2. The molecule has 2 heterocycles. The minimum atomic E-state index is -0.519. The Hall–Kier alpha value is -2.52. The Bertz CT molecular complexity index is 1150. The lowest BCUT2D eigenvalue weighted by atomic mass is 10.1. The van der Waals surface area contributed by atoms with Crippen LogP contribution in [0, 0.1) is 0 Å². The van der Waals surface area contributed by atoms with Crippen LogP contribution < -0.4 is 25.4 Å². The fraction of sp³-hybridized carbons (Fsp3) is 0.286. The van der Waals surface area contributed by atoms with Crippen molar-refractivity contribution in [3.63, 3.8) is 0 Å². The predicted octanol–water partition coefficient (Wildman–Crippen LogP) is 2.75. The van der Waals surface area contributed by atoms with Gasteiger partial charge in [-0.1, -0.05) is 36.9 Å². The quantitative estimate of drug-likeness (QED) is 0.700. The van der Waals surface area contributed by atoms with E-state index in [1.54, 1.807) is 12.1 Å². The zero-order chi connectivity index (χ0) is 21.3. The topological polar surface area (TPSA) is 75.5 Å². The summed E-state index contributed by atoms with van der Waals surface area (Å²) in [5.41, 5.74) is 1.31. The van der Waals surface area contributed by atoms with Crippen molar-refractivity contribution < 1.29 is 14.3 Å². The minimum absolute atomic E-state index is 0.190. The van der Waals surface area contributed by atoms with Gasteiger partial charge in [0.2, 0.25) is 0 Å². The number of carbonyl (C=O) groups is 1. The van der Waals surface area contributed by atoms with Gasteiger partial charge in [0.15, 0.2) is 22.8 Å². The SMILES string of the molecule is CCOc1c(Br)cc([C@@H]2N=c3ccccc3=C3C(=O)NC(SCC)=NN32)cc1OC. The average Bonchev–Trinajstić information content (AvgIpc) is 2.74. The number of hydrazone groups is 1. The third kappa shape index (κ3) is 3.67. The van der Waals surface area contributed by atoms with E-state index < -0.39 is 6.17 Å². The maximum Gasteiger partial charge on any atom is 0.276 e. The number of amides is 1. The Morgan fingerprint density at radius 2 is 2.07 bits per heavy atom. The summed E-state index contributed by atoms with van der Waals surface area (Å²) in [5.74, 6) is 1.82. The van der Waals surface area contributed by atoms with Crippen LogP contribution in [0.15, 0.2) is 51.0 Å². The number of para-hydroxylation sites is 1. The molecule has 156 valence electrons. The average molecular weight is 489 g/mol. The number of hydrogen-bond acceptors (Lipinski definition) is 7. The van der Waals surface area contributed by atoms with E-state index in [1.807, 2.05) is 50.2 Å². The summed E-state index contributed by atoms with van der Waals surface area (Å²) in [4.78, 5) is 17.9. The second-order valence-corrected chi connectivity index (χ2v) is 8.58. The lowest BCUT2D eigenvalue weighted by Gasteiger charge is -2.34. The second kappa shape index (κ2) is 8.69. The summed E-state index contributed by atoms with van der Waals surface area (Å²) in [6, 6.07) is 11.4. The van der Waals surface area contributed by atoms with Gasteiger partial charge in [-0.25, -0.2) is 5.01 Å². The largest absolute Gasteiger partial charge is 0.493 e. The number of nitrogens with zero attached hydrogens (tertiary/aromatic N) is 3. The number of hydrogen-bond donors (Lipinski definition) is 1. The highest BCUT2D eigenvalue weighted by atomic mass is 79.9. The van der Waals surface area contributed by atoms with Crippen molar-refractivity contribution >= 4 is 44.5 Å². The first-order chi connectivity index (χ1) is 14.6. The Balaban J connectivity index is 1.92. The minimum Gasteiger partial charge on any atom is -0.493 e. The molecule has 0 spiro atoms. The number of amidine groups is 1. The lowest BCUT2D eigenvalue weighted by Crippen LogP contribution is -2.50. The van der Waals surface area contributed by atoms with Crippen molar-refractivity contribution in [2.24, 2.45) is 10.1 Å². The number of halogens is 1. The van der Waals surface area contributed by atoms with Gasteiger partial charge in [0.05, 0.1) is 23.5 Å². The van der Waals surface area contributed by atoms with Gasteiger partial charge in [0.1, 0.15) is 5.70 Å². The zero-order valence-electron chi connectivity index (χ0n) is 16.8. The van der Waals surface area contributed by atoms with Crippen LogP contribution in [0.2, 0.25) is 0 Å². The van der Waals surface area contributed by atoms with E-state index in [4.69, 9.17) is 19.6 Å². The highest BCUT2D eigenvalue weighted by molar-refractivity contribution is 9.10. The monoisotopic (exact) mass is 488 g/mol. The van der Waals surface area contributed by atoms with Crippen molar-refractivity contribution in [2.75, 3.05) is 19.5 Å². The van der Waals surface area contributed by atoms with E-state index in [9.17, 15) is 4.79 Å². The molecular formula is C21H21BrN4O3S. The van der Waals surface area contributed by atoms with Crippen LogP contribution in [-0.2, 0) is 4.79 Å². The van der Waals surface area contributed by atoms with Gasteiger partial charge in [-0.15, -0.1) is 5.10 Å². The van der Waals surface area contributed by atoms with E-state index in [0.717, 1.165) is 26.4 Å². The molecule has 1 atom stereocenters. The third-order valence-electron chi connectivity index (χ3n) is 4.64. The molecule has 30 heavy (non-hydrogen) atoms. The van der Waals surface area contributed by atoms with E-state index >= 15 is 0 Å². The summed E-state index contributed by atoms with van der Waals surface area (Å²) in [7, 11) is 1.60. The maximum atomic E-state index is 13.0. The molecule has 0 aromatic heterocycles. The van der Waals surface area contributed by atoms with Crippen molar-refractivity contribution in [2.45, 2.75) is 20.0 Å². The molecular weight excluding hydrogens is 468 g/mol. The fourth-order valence-electron chi connectivity index (χ4n) is 3.42. The third-order valence-corrected chi connectivity index (χ3v) is 5.97. The smallest absolute Gasteiger partial charge is 0.276 e. The van der Waals surface area contributed by atoms with E-state index in [2.05, 4.69) is 21.2 Å². The van der Waals surface area contributed by atoms with Gasteiger partial charge in [-0.05, 0) is 46.8 Å². The summed E-state index contributed by atoms with van der Waals surface area (Å²) >= 11 is 5.06. The van der Waals surface area contributed by atoms with Crippen LogP contribution in [0.5, 0.6) is 11.5 Å². The van der Waals surface area contributed by atoms with Gasteiger partial charge in [0.25, 0.3) is 5.91 Å². The second-order valence-electron chi connectivity index (χ2n) is 6.47. The number of carbonyl (C=O) groups excluding carboxylic acids is 1. The molecule has 2 aromatic carbocycles. The van der Waals surface area contributed by atoms with Crippen LogP contribution in [0.4, 0.5) is 0 Å². The first kappa shape index (κ1) is 20.7. The summed E-state index contributed by atoms with van der Waals surface area (Å²) in [6.07, 6.45) is -0.519. The Kier molecular flexibility index (Phi) is 6.01. The fourth-order valence-corrected chi connectivity index (χ4v) is 4.58. The van der Waals surface area contributed by atoms with Gasteiger partial charge in [-0.3, -0.25) is 15.1 Å². The first-order valence-electron chi connectivity index (χ1n) is 9.56. The van der Waals surface area contributed by atoms with Crippen molar-refractivity contribution in [1.82, 2.24) is 10.3 Å². The predicted molar refractivity (Wildman–Crippen MR) is 121 cm³/mol. The lowest BCUT2D eigenvalue weighted by molar-refractivity contribution is -0.116. The Morgan fingerprint density at radius 1 is 1.27 bits per heavy atom. The number of fused-ring (bicyclic) bond motifs is 2. The van der Waals surface area contributed by atoms with Crippen molar-refractivity contribution in [3.05, 3.63) is 57.0 Å². The number of methoxy groups -OCH3 is 1. The van der Waals surface area contributed by atoms with Crippen LogP contribution >= 0.6 is 27.7 Å². The number of nitrogens with one attached hydrogen (secondary N) is 1. The van der Waals surface area contributed by atoms with Gasteiger partial charge < -0.3 is 9.47 Å². The van der Waals surface area contributed by atoms with Gasteiger partial charge in [-0.2, -0.15) is 0 Å². The summed E-state index contributed by atoms with van der Waals surface area (Å²) in [5, 5.41) is 11.4. The Labute approximate surface area is 187 Å². The molecule has 0 bridgehead atoms. The molecule has 7 nitrogen and oxygen atoms in total. The van der Waals surface area contributed by atoms with Crippen molar-refractivity contribution in [1.29, 1.82) is 0 Å². The molecule has 0 fully saturated rings. The molecule has 0 unspecified atom stereocenters. The molecule has 4 rings (SSSR count). The summed E-state index contributed by atoms with van der Waals surface area (Å²) < 4.78 is 12.0. The molecule has 0 aliphatic carbocycles. The number of thioether (sulfide) groups is 1. The normalized spacial score (nSPS) is 17.4. The molecule has 2 aromatic rings. The van der Waals surface area contributed by atoms with Crippen LogP contribution in [0.3, 0.4) is 0 Å². The molecule has 0 radical (unpaired) electrons. The van der Waals surface area contributed by atoms with Crippen LogP contribution in [0.25, 0.3) is 5.70 Å². The number of ether oxygens (including phenoxy) is 2. The van der Waals surface area contributed by atoms with Gasteiger partial charge >= 0.3 is 0 Å². The highest BCUT2D eigenvalue weighted by Gasteiger charge is 2.35. The molecule has 9 heteroatoms. The van der Waals surface area contributed by atoms with Gasteiger partial charge in [0, 0.05) is 10.8 Å². The van der Waals surface area contributed by atoms with Crippen LogP contribution in [-0.4, -0.2) is 35.6 Å². The highest BCUT2D eigenvalue weighted by Crippen LogP contribution is 2.41. The molecule has 0 saturated carbocycles. The zero-order valence-corrected chi connectivity index (χ0v) is 19.2. The van der Waals surface area contributed by atoms with E-state index in [-0.39, 0.29) is 5.91 Å².